The van der Waals surface area contributed by atoms with Crippen molar-refractivity contribution in [1.29, 1.82) is 5.26 Å². The molecule has 94 valence electrons. The minimum atomic E-state index is 0.535. The third-order valence-corrected chi connectivity index (χ3v) is 3.43. The summed E-state index contributed by atoms with van der Waals surface area (Å²) in [6.07, 6.45) is 1.72. The Morgan fingerprint density at radius 3 is 2.16 bits per heavy atom. The molecular formula is C16H11Cl2N. The number of nitrogens with zero attached hydrogens (tertiary/aromatic N) is 1. The van der Waals surface area contributed by atoms with Crippen molar-refractivity contribution in [1.82, 2.24) is 0 Å². The first kappa shape index (κ1) is 13.7. The monoisotopic (exact) mass is 287 g/mol. The molecule has 0 N–H and O–H groups in total. The van der Waals surface area contributed by atoms with Crippen molar-refractivity contribution in [3.8, 4) is 6.07 Å². The van der Waals surface area contributed by atoms with Crippen LogP contribution in [-0.4, -0.2) is 0 Å². The lowest BCUT2D eigenvalue weighted by Crippen LogP contribution is -1.84. The van der Waals surface area contributed by atoms with Crippen LogP contribution >= 0.6 is 23.2 Å². The molecule has 0 aliphatic heterocycles. The number of hydrogen-bond acceptors (Lipinski definition) is 1. The van der Waals surface area contributed by atoms with E-state index in [2.05, 4.69) is 6.07 Å². The largest absolute Gasteiger partial charge is 0.192 e. The molecule has 0 bridgehead atoms. The summed E-state index contributed by atoms with van der Waals surface area (Å²) < 4.78 is 0. The molecule has 0 saturated carbocycles. The summed E-state index contributed by atoms with van der Waals surface area (Å²) in [5.74, 6) is 0. The van der Waals surface area contributed by atoms with Crippen LogP contribution in [0.4, 0.5) is 0 Å². The molecule has 0 atom stereocenters. The molecular weight excluding hydrogens is 277 g/mol. The smallest absolute Gasteiger partial charge is 0.0998 e. The molecule has 3 heteroatoms. The Morgan fingerprint density at radius 2 is 1.63 bits per heavy atom. The quantitative estimate of drug-likeness (QED) is 0.538. The van der Waals surface area contributed by atoms with E-state index in [0.717, 1.165) is 11.1 Å². The predicted molar refractivity (Wildman–Crippen MR) is 81.1 cm³/mol. The summed E-state index contributed by atoms with van der Waals surface area (Å²) >= 11 is 12.2. The molecule has 1 nitrogen and oxygen atoms in total. The summed E-state index contributed by atoms with van der Waals surface area (Å²) in [5.41, 5.74) is 3.21. The average molecular weight is 288 g/mol. The van der Waals surface area contributed by atoms with Gasteiger partial charge in [0, 0.05) is 15.6 Å². The van der Waals surface area contributed by atoms with Gasteiger partial charge in [0.05, 0.1) is 11.6 Å². The lowest BCUT2D eigenvalue weighted by Gasteiger charge is -2.04. The molecule has 0 saturated heterocycles. The Balaban J connectivity index is 2.51. The SMILES string of the molecule is Cc1ccc(C(C#N)=Cc2c(Cl)cccc2Cl)cc1. The summed E-state index contributed by atoms with van der Waals surface area (Å²) in [5, 5.41) is 10.4. The number of allylic oxidation sites excluding steroid dienone is 1. The summed E-state index contributed by atoms with van der Waals surface area (Å²) in [4.78, 5) is 0. The number of rotatable bonds is 2. The molecule has 2 rings (SSSR count). The lowest BCUT2D eigenvalue weighted by molar-refractivity contribution is 1.45. The van der Waals surface area contributed by atoms with Gasteiger partial charge in [0.1, 0.15) is 0 Å². The number of benzene rings is 2. The maximum Gasteiger partial charge on any atom is 0.0998 e. The van der Waals surface area contributed by atoms with Gasteiger partial charge in [-0.15, -0.1) is 0 Å². The van der Waals surface area contributed by atoms with Gasteiger partial charge < -0.3 is 0 Å². The van der Waals surface area contributed by atoms with Crippen LogP contribution < -0.4 is 0 Å². The highest BCUT2D eigenvalue weighted by Crippen LogP contribution is 2.28. The second-order valence-corrected chi connectivity index (χ2v) is 4.99. The van der Waals surface area contributed by atoms with Gasteiger partial charge in [-0.05, 0) is 30.7 Å². The van der Waals surface area contributed by atoms with Crippen molar-refractivity contribution in [2.75, 3.05) is 0 Å². The zero-order valence-corrected chi connectivity index (χ0v) is 11.8. The van der Waals surface area contributed by atoms with Gasteiger partial charge in [-0.3, -0.25) is 0 Å². The van der Waals surface area contributed by atoms with Crippen LogP contribution in [0.1, 0.15) is 16.7 Å². The molecule has 0 radical (unpaired) electrons. The molecule has 0 aromatic heterocycles. The number of hydrogen-bond donors (Lipinski definition) is 0. The zero-order valence-electron chi connectivity index (χ0n) is 10.3. The molecule has 0 unspecified atom stereocenters. The molecule has 0 aliphatic carbocycles. The van der Waals surface area contributed by atoms with Gasteiger partial charge in [0.25, 0.3) is 0 Å². The third-order valence-electron chi connectivity index (χ3n) is 2.77. The standard InChI is InChI=1S/C16H11Cl2N/c1-11-5-7-12(8-6-11)13(10-19)9-14-15(17)3-2-4-16(14)18/h2-9H,1H3. The number of halogens is 2. The second kappa shape index (κ2) is 5.93. The fraction of sp³-hybridized carbons (Fsp3) is 0.0625. The van der Waals surface area contributed by atoms with E-state index in [-0.39, 0.29) is 0 Å². The number of aryl methyl sites for hydroxylation is 1. The highest BCUT2D eigenvalue weighted by molar-refractivity contribution is 6.37. The Labute approximate surface area is 122 Å². The summed E-state index contributed by atoms with van der Waals surface area (Å²) in [7, 11) is 0. The minimum absolute atomic E-state index is 0.535. The first-order valence-electron chi connectivity index (χ1n) is 5.74. The fourth-order valence-electron chi connectivity index (χ4n) is 1.71. The van der Waals surface area contributed by atoms with Crippen molar-refractivity contribution in [3.63, 3.8) is 0 Å². The van der Waals surface area contributed by atoms with E-state index in [0.29, 0.717) is 21.2 Å². The van der Waals surface area contributed by atoms with Gasteiger partial charge in [-0.1, -0.05) is 59.1 Å². The van der Waals surface area contributed by atoms with E-state index in [1.54, 1.807) is 24.3 Å². The van der Waals surface area contributed by atoms with Gasteiger partial charge in [-0.25, -0.2) is 0 Å². The van der Waals surface area contributed by atoms with Crippen molar-refractivity contribution in [3.05, 3.63) is 69.2 Å². The molecule has 0 fully saturated rings. The third kappa shape index (κ3) is 3.17. The molecule has 2 aromatic rings. The molecule has 19 heavy (non-hydrogen) atoms. The highest BCUT2D eigenvalue weighted by atomic mass is 35.5. The molecule has 0 heterocycles. The summed E-state index contributed by atoms with van der Waals surface area (Å²) in [6, 6.07) is 15.2. The lowest BCUT2D eigenvalue weighted by atomic mass is 10.0. The van der Waals surface area contributed by atoms with Gasteiger partial charge in [0.2, 0.25) is 0 Å². The Kier molecular flexibility index (Phi) is 4.27. The predicted octanol–water partition coefficient (Wildman–Crippen LogP) is 5.37. The molecule has 0 amide bonds. The van der Waals surface area contributed by atoms with Gasteiger partial charge in [0.15, 0.2) is 0 Å². The van der Waals surface area contributed by atoms with E-state index >= 15 is 0 Å². The topological polar surface area (TPSA) is 23.8 Å². The van der Waals surface area contributed by atoms with E-state index in [1.807, 2.05) is 31.2 Å². The first-order chi connectivity index (χ1) is 9.11. The van der Waals surface area contributed by atoms with E-state index < -0.39 is 0 Å². The number of nitriles is 1. The maximum absolute atomic E-state index is 9.29. The molecule has 0 aliphatic rings. The van der Waals surface area contributed by atoms with Crippen molar-refractivity contribution in [2.45, 2.75) is 6.92 Å². The zero-order chi connectivity index (χ0) is 13.8. The van der Waals surface area contributed by atoms with Crippen LogP contribution in [0.5, 0.6) is 0 Å². The Bertz CT molecular complexity index is 644. The fourth-order valence-corrected chi connectivity index (χ4v) is 2.21. The van der Waals surface area contributed by atoms with Crippen LogP contribution in [0, 0.1) is 18.3 Å². The van der Waals surface area contributed by atoms with Crippen molar-refractivity contribution in [2.24, 2.45) is 0 Å². The van der Waals surface area contributed by atoms with Crippen LogP contribution in [0.25, 0.3) is 11.6 Å². The molecule has 2 aromatic carbocycles. The first-order valence-corrected chi connectivity index (χ1v) is 6.50. The van der Waals surface area contributed by atoms with Crippen molar-refractivity contribution < 1.29 is 0 Å². The highest BCUT2D eigenvalue weighted by Gasteiger charge is 2.06. The minimum Gasteiger partial charge on any atom is -0.192 e. The van der Waals surface area contributed by atoms with Gasteiger partial charge in [-0.2, -0.15) is 5.26 Å². The Hall–Kier alpha value is -1.75. The maximum atomic E-state index is 9.29. The van der Waals surface area contributed by atoms with Crippen LogP contribution in [0.15, 0.2) is 42.5 Å². The average Bonchev–Trinajstić information content (AvgIpc) is 2.40. The van der Waals surface area contributed by atoms with Crippen LogP contribution in [-0.2, 0) is 0 Å². The van der Waals surface area contributed by atoms with Gasteiger partial charge >= 0.3 is 0 Å². The van der Waals surface area contributed by atoms with E-state index in [1.165, 1.54) is 0 Å². The van der Waals surface area contributed by atoms with E-state index in [9.17, 15) is 5.26 Å². The Morgan fingerprint density at radius 1 is 1.05 bits per heavy atom. The normalized spacial score (nSPS) is 11.2. The molecule has 0 spiro atoms. The van der Waals surface area contributed by atoms with E-state index in [4.69, 9.17) is 23.2 Å². The second-order valence-electron chi connectivity index (χ2n) is 4.17. The van der Waals surface area contributed by atoms with Crippen LogP contribution in [0.3, 0.4) is 0 Å². The van der Waals surface area contributed by atoms with Crippen molar-refractivity contribution >= 4 is 34.9 Å². The van der Waals surface area contributed by atoms with Crippen LogP contribution in [0.2, 0.25) is 10.0 Å². The summed E-state index contributed by atoms with van der Waals surface area (Å²) in [6.45, 7) is 2.00.